The van der Waals surface area contributed by atoms with E-state index in [1.807, 2.05) is 32.9 Å². The van der Waals surface area contributed by atoms with Crippen molar-refractivity contribution in [2.24, 2.45) is 0 Å². The Morgan fingerprint density at radius 3 is 2.82 bits per heavy atom. The third-order valence-electron chi connectivity index (χ3n) is 4.51. The third-order valence-corrected chi connectivity index (χ3v) is 4.51. The second-order valence-corrected chi connectivity index (χ2v) is 6.92. The maximum Gasteiger partial charge on any atom is 0.324 e. The number of aromatic nitrogens is 2. The number of nitrogens with one attached hydrogen (secondary N) is 3. The molecular weight excluding hydrogens is 358 g/mol. The quantitative estimate of drug-likeness (QED) is 0.732. The molecule has 1 aliphatic heterocycles. The lowest BCUT2D eigenvalue weighted by Crippen LogP contribution is -2.31. The summed E-state index contributed by atoms with van der Waals surface area (Å²) in [6, 6.07) is 3.43. The minimum atomic E-state index is -0.404. The molecule has 3 N–H and O–H groups in total. The molecule has 0 aliphatic carbocycles. The minimum absolute atomic E-state index is 0.0198. The van der Waals surface area contributed by atoms with Crippen molar-refractivity contribution in [2.45, 2.75) is 33.3 Å². The van der Waals surface area contributed by atoms with E-state index in [0.29, 0.717) is 23.9 Å². The Morgan fingerprint density at radius 1 is 1.21 bits per heavy atom. The average molecular weight is 385 g/mol. The molecule has 1 aromatic carbocycles. The maximum atomic E-state index is 12.4. The summed E-state index contributed by atoms with van der Waals surface area (Å²) in [5.41, 5.74) is 3.53. The normalized spacial score (nSPS) is 16.9. The molecule has 0 saturated carbocycles. The van der Waals surface area contributed by atoms with E-state index in [1.165, 1.54) is 6.20 Å². The smallest absolute Gasteiger partial charge is 0.324 e. The van der Waals surface area contributed by atoms with Gasteiger partial charge in [-0.2, -0.15) is 0 Å². The van der Waals surface area contributed by atoms with Crippen LogP contribution in [0.25, 0.3) is 0 Å². The van der Waals surface area contributed by atoms with Gasteiger partial charge in [0, 0.05) is 13.2 Å². The SMILES string of the molecule is Cc1cnc(NC(=O)Nc2cc(C)c(C)cc2OCC2CNCCCO2)cn1. The lowest BCUT2D eigenvalue weighted by molar-refractivity contribution is 0.0326. The number of hydrogen-bond donors (Lipinski definition) is 3. The van der Waals surface area contributed by atoms with Gasteiger partial charge in [0.25, 0.3) is 0 Å². The van der Waals surface area contributed by atoms with Crippen LogP contribution < -0.4 is 20.7 Å². The molecule has 0 radical (unpaired) electrons. The summed E-state index contributed by atoms with van der Waals surface area (Å²) in [4.78, 5) is 20.6. The maximum absolute atomic E-state index is 12.4. The number of nitrogens with zero attached hydrogens (tertiary/aromatic N) is 2. The van der Waals surface area contributed by atoms with Crippen LogP contribution in [0, 0.1) is 20.8 Å². The summed E-state index contributed by atoms with van der Waals surface area (Å²) in [6.07, 6.45) is 4.09. The Labute approximate surface area is 165 Å². The number of hydrogen-bond acceptors (Lipinski definition) is 6. The van der Waals surface area contributed by atoms with E-state index >= 15 is 0 Å². The van der Waals surface area contributed by atoms with Crippen LogP contribution in [0.4, 0.5) is 16.3 Å². The molecule has 150 valence electrons. The Hall–Kier alpha value is -2.71. The van der Waals surface area contributed by atoms with Gasteiger partial charge in [-0.3, -0.25) is 10.3 Å². The molecular formula is C20H27N5O3. The predicted octanol–water partition coefficient (Wildman–Crippen LogP) is 2.80. The zero-order valence-electron chi connectivity index (χ0n) is 16.5. The topological polar surface area (TPSA) is 97.4 Å². The second-order valence-electron chi connectivity index (χ2n) is 6.92. The molecule has 1 saturated heterocycles. The summed E-state index contributed by atoms with van der Waals surface area (Å²) in [5.74, 6) is 0.994. The first kappa shape index (κ1) is 20.0. The van der Waals surface area contributed by atoms with Gasteiger partial charge in [-0.25, -0.2) is 9.78 Å². The van der Waals surface area contributed by atoms with Gasteiger partial charge >= 0.3 is 6.03 Å². The minimum Gasteiger partial charge on any atom is -0.489 e. The number of benzene rings is 1. The molecule has 1 aromatic heterocycles. The summed E-state index contributed by atoms with van der Waals surface area (Å²) in [5, 5.41) is 8.86. The van der Waals surface area contributed by atoms with Crippen LogP contribution in [0.5, 0.6) is 5.75 Å². The highest BCUT2D eigenvalue weighted by atomic mass is 16.5. The van der Waals surface area contributed by atoms with Crippen LogP contribution in [-0.4, -0.2) is 48.4 Å². The number of ether oxygens (including phenoxy) is 2. The highest BCUT2D eigenvalue weighted by Crippen LogP contribution is 2.29. The predicted molar refractivity (Wildman–Crippen MR) is 108 cm³/mol. The van der Waals surface area contributed by atoms with Crippen LogP contribution >= 0.6 is 0 Å². The van der Waals surface area contributed by atoms with Crippen molar-refractivity contribution in [1.29, 1.82) is 0 Å². The van der Waals surface area contributed by atoms with Gasteiger partial charge in [0.15, 0.2) is 5.82 Å². The summed E-state index contributed by atoms with van der Waals surface area (Å²) in [7, 11) is 0. The molecule has 28 heavy (non-hydrogen) atoms. The fourth-order valence-corrected chi connectivity index (χ4v) is 2.79. The van der Waals surface area contributed by atoms with E-state index in [-0.39, 0.29) is 6.10 Å². The number of urea groups is 1. The molecule has 1 unspecified atom stereocenters. The highest BCUT2D eigenvalue weighted by Gasteiger charge is 2.16. The molecule has 2 heterocycles. The van der Waals surface area contributed by atoms with E-state index in [1.54, 1.807) is 6.20 Å². The van der Waals surface area contributed by atoms with Gasteiger partial charge in [-0.05, 0) is 57.0 Å². The van der Waals surface area contributed by atoms with Crippen LogP contribution in [0.2, 0.25) is 0 Å². The molecule has 1 aliphatic rings. The number of aryl methyl sites for hydroxylation is 3. The summed E-state index contributed by atoms with van der Waals surface area (Å²) >= 11 is 0. The zero-order chi connectivity index (χ0) is 19.9. The van der Waals surface area contributed by atoms with Gasteiger partial charge < -0.3 is 20.1 Å². The first-order valence-electron chi connectivity index (χ1n) is 9.44. The molecule has 8 nitrogen and oxygen atoms in total. The van der Waals surface area contributed by atoms with Crippen molar-refractivity contribution in [3.8, 4) is 5.75 Å². The van der Waals surface area contributed by atoms with Gasteiger partial charge in [0.05, 0.1) is 23.8 Å². The lowest BCUT2D eigenvalue weighted by Gasteiger charge is -2.19. The van der Waals surface area contributed by atoms with Crippen molar-refractivity contribution in [3.63, 3.8) is 0 Å². The Morgan fingerprint density at radius 2 is 2.04 bits per heavy atom. The standard InChI is InChI=1S/C20H27N5O3/c1-13-7-17(24-20(26)25-19-11-22-15(3)9-23-19)18(8-14(13)2)28-12-16-10-21-5-4-6-27-16/h7-9,11,16,21H,4-6,10,12H2,1-3H3,(H2,23,24,25,26). The Bertz CT molecular complexity index is 802. The van der Waals surface area contributed by atoms with Crippen molar-refractivity contribution in [2.75, 3.05) is 36.9 Å². The molecule has 1 atom stereocenters. The Balaban J connectivity index is 1.67. The van der Waals surface area contributed by atoms with Crippen molar-refractivity contribution in [3.05, 3.63) is 41.3 Å². The number of carbonyl (C=O) groups is 1. The molecule has 2 amide bonds. The highest BCUT2D eigenvalue weighted by molar-refractivity contribution is 6.00. The second kappa shape index (κ2) is 9.48. The first-order valence-corrected chi connectivity index (χ1v) is 9.44. The van der Waals surface area contributed by atoms with E-state index in [4.69, 9.17) is 9.47 Å². The summed E-state index contributed by atoms with van der Waals surface area (Å²) in [6.45, 7) is 8.68. The van der Waals surface area contributed by atoms with Crippen LogP contribution in [-0.2, 0) is 4.74 Å². The molecule has 8 heteroatoms. The average Bonchev–Trinajstić information content (AvgIpc) is 2.94. The third kappa shape index (κ3) is 5.64. The van der Waals surface area contributed by atoms with Crippen LogP contribution in [0.3, 0.4) is 0 Å². The van der Waals surface area contributed by atoms with E-state index < -0.39 is 6.03 Å². The molecule has 3 rings (SSSR count). The molecule has 1 fully saturated rings. The fraction of sp³-hybridized carbons (Fsp3) is 0.450. The van der Waals surface area contributed by atoms with Gasteiger partial charge in [-0.15, -0.1) is 0 Å². The monoisotopic (exact) mass is 385 g/mol. The summed E-state index contributed by atoms with van der Waals surface area (Å²) < 4.78 is 11.8. The lowest BCUT2D eigenvalue weighted by atomic mass is 10.1. The molecule has 2 aromatic rings. The number of anilines is 2. The number of carbonyl (C=O) groups excluding carboxylic acids is 1. The van der Waals surface area contributed by atoms with Crippen LogP contribution in [0.1, 0.15) is 23.2 Å². The fourth-order valence-electron chi connectivity index (χ4n) is 2.79. The van der Waals surface area contributed by atoms with Crippen molar-refractivity contribution < 1.29 is 14.3 Å². The number of rotatable bonds is 5. The van der Waals surface area contributed by atoms with Gasteiger partial charge in [-0.1, -0.05) is 0 Å². The Kier molecular flexibility index (Phi) is 6.78. The van der Waals surface area contributed by atoms with Crippen molar-refractivity contribution in [1.82, 2.24) is 15.3 Å². The zero-order valence-corrected chi connectivity index (χ0v) is 16.5. The van der Waals surface area contributed by atoms with Gasteiger partial charge in [0.1, 0.15) is 18.5 Å². The molecule has 0 spiro atoms. The van der Waals surface area contributed by atoms with Gasteiger partial charge in [0.2, 0.25) is 0 Å². The van der Waals surface area contributed by atoms with E-state index in [0.717, 1.165) is 42.9 Å². The largest absolute Gasteiger partial charge is 0.489 e. The van der Waals surface area contributed by atoms with Crippen molar-refractivity contribution >= 4 is 17.5 Å². The van der Waals surface area contributed by atoms with E-state index in [2.05, 4.69) is 25.9 Å². The molecule has 0 bridgehead atoms. The number of amides is 2. The first-order chi connectivity index (χ1) is 13.5. The van der Waals surface area contributed by atoms with E-state index in [9.17, 15) is 4.79 Å². The van der Waals surface area contributed by atoms with Crippen LogP contribution in [0.15, 0.2) is 24.5 Å².